The van der Waals surface area contributed by atoms with Gasteiger partial charge in [0.2, 0.25) is 11.8 Å². The summed E-state index contributed by atoms with van der Waals surface area (Å²) in [5.41, 5.74) is 0.813. The van der Waals surface area contributed by atoms with Crippen molar-refractivity contribution >= 4 is 11.8 Å². The number of likely N-dealkylation sites (tertiary alicyclic amines) is 1. The molecule has 1 aromatic heterocycles. The van der Waals surface area contributed by atoms with E-state index in [0.717, 1.165) is 30.8 Å². The second-order valence-electron chi connectivity index (χ2n) is 6.10. The van der Waals surface area contributed by atoms with Crippen molar-refractivity contribution in [1.29, 1.82) is 0 Å². The molecule has 2 aliphatic heterocycles. The molecule has 2 amide bonds. The number of ether oxygens (including phenoxy) is 1. The van der Waals surface area contributed by atoms with Crippen LogP contribution in [0.2, 0.25) is 0 Å². The van der Waals surface area contributed by atoms with E-state index in [0.29, 0.717) is 26.3 Å². The van der Waals surface area contributed by atoms with Gasteiger partial charge >= 0.3 is 0 Å². The number of carbonyl (C=O) groups is 2. The van der Waals surface area contributed by atoms with Crippen molar-refractivity contribution in [2.75, 3.05) is 32.8 Å². The first-order valence-electron chi connectivity index (χ1n) is 8.23. The average Bonchev–Trinajstić information content (AvgIpc) is 3.21. The van der Waals surface area contributed by atoms with Crippen LogP contribution in [0.5, 0.6) is 0 Å². The molecule has 7 nitrogen and oxygen atoms in total. The van der Waals surface area contributed by atoms with Gasteiger partial charge in [-0.15, -0.1) is 0 Å². The summed E-state index contributed by atoms with van der Waals surface area (Å²) in [5, 5.41) is 4.04. The van der Waals surface area contributed by atoms with E-state index in [1.165, 1.54) is 0 Å². The van der Waals surface area contributed by atoms with Crippen LogP contribution in [0.15, 0.2) is 10.6 Å². The van der Waals surface area contributed by atoms with Crippen LogP contribution >= 0.6 is 0 Å². The molecule has 3 rings (SSSR count). The summed E-state index contributed by atoms with van der Waals surface area (Å²) >= 11 is 0. The molecule has 0 bridgehead atoms. The number of hydrogen-bond donors (Lipinski definition) is 0. The third-order valence-corrected chi connectivity index (χ3v) is 4.48. The van der Waals surface area contributed by atoms with Crippen LogP contribution in [0.3, 0.4) is 0 Å². The van der Waals surface area contributed by atoms with Gasteiger partial charge in [0, 0.05) is 38.5 Å². The van der Waals surface area contributed by atoms with E-state index in [1.807, 2.05) is 17.9 Å². The lowest BCUT2D eigenvalue weighted by Gasteiger charge is -2.27. The first-order chi connectivity index (χ1) is 11.1. The standard InChI is InChI=1S/C16H23N3O4/c1-12-11-13(17-23-12)14-3-2-6-19(14)16(21)5-4-15(20)18-7-9-22-10-8-18/h11,14H,2-10H2,1H3. The summed E-state index contributed by atoms with van der Waals surface area (Å²) in [7, 11) is 0. The van der Waals surface area contributed by atoms with Crippen LogP contribution < -0.4 is 0 Å². The molecule has 0 N–H and O–H groups in total. The fourth-order valence-corrected chi connectivity index (χ4v) is 3.24. The van der Waals surface area contributed by atoms with Crippen LogP contribution in [0.25, 0.3) is 0 Å². The second kappa shape index (κ2) is 7.12. The normalized spacial score (nSPS) is 21.7. The summed E-state index contributed by atoms with van der Waals surface area (Å²) in [4.78, 5) is 28.3. The van der Waals surface area contributed by atoms with Crippen molar-refractivity contribution in [3.63, 3.8) is 0 Å². The molecule has 7 heteroatoms. The molecule has 23 heavy (non-hydrogen) atoms. The number of hydrogen-bond acceptors (Lipinski definition) is 5. The second-order valence-corrected chi connectivity index (χ2v) is 6.10. The molecule has 1 unspecified atom stereocenters. The van der Waals surface area contributed by atoms with Gasteiger partial charge in [0.25, 0.3) is 0 Å². The third kappa shape index (κ3) is 3.72. The number of nitrogens with zero attached hydrogens (tertiary/aromatic N) is 3. The van der Waals surface area contributed by atoms with Gasteiger partial charge in [0.15, 0.2) is 0 Å². The molecule has 2 aliphatic rings. The number of aryl methyl sites for hydroxylation is 1. The lowest BCUT2D eigenvalue weighted by Crippen LogP contribution is -2.41. The highest BCUT2D eigenvalue weighted by Crippen LogP contribution is 2.32. The molecule has 0 aliphatic carbocycles. The van der Waals surface area contributed by atoms with Gasteiger partial charge in [-0.05, 0) is 19.8 Å². The Morgan fingerprint density at radius 1 is 1.22 bits per heavy atom. The summed E-state index contributed by atoms with van der Waals surface area (Å²) in [6.07, 6.45) is 2.37. The van der Waals surface area contributed by atoms with Crippen molar-refractivity contribution < 1.29 is 18.8 Å². The Morgan fingerprint density at radius 2 is 1.96 bits per heavy atom. The zero-order valence-corrected chi connectivity index (χ0v) is 13.5. The first-order valence-corrected chi connectivity index (χ1v) is 8.23. The maximum absolute atomic E-state index is 12.5. The summed E-state index contributed by atoms with van der Waals surface area (Å²) in [6, 6.07) is 1.87. The van der Waals surface area contributed by atoms with E-state index in [9.17, 15) is 9.59 Å². The Bertz CT molecular complexity index is 565. The third-order valence-electron chi connectivity index (χ3n) is 4.48. The number of carbonyl (C=O) groups excluding carboxylic acids is 2. The Balaban J connectivity index is 1.53. The van der Waals surface area contributed by atoms with Crippen LogP contribution in [0, 0.1) is 6.92 Å². The molecule has 0 spiro atoms. The van der Waals surface area contributed by atoms with E-state index >= 15 is 0 Å². The smallest absolute Gasteiger partial charge is 0.223 e. The lowest BCUT2D eigenvalue weighted by atomic mass is 10.1. The summed E-state index contributed by atoms with van der Waals surface area (Å²) in [5.74, 6) is 0.811. The summed E-state index contributed by atoms with van der Waals surface area (Å²) < 4.78 is 10.4. The maximum Gasteiger partial charge on any atom is 0.223 e. The molecular weight excluding hydrogens is 298 g/mol. The fraction of sp³-hybridized carbons (Fsp3) is 0.688. The maximum atomic E-state index is 12.5. The van der Waals surface area contributed by atoms with Crippen LogP contribution in [0.4, 0.5) is 0 Å². The zero-order valence-electron chi connectivity index (χ0n) is 13.5. The molecule has 1 aromatic rings. The first kappa shape index (κ1) is 16.0. The molecule has 0 radical (unpaired) electrons. The molecule has 2 fully saturated rings. The van der Waals surface area contributed by atoms with Gasteiger partial charge < -0.3 is 19.1 Å². The predicted molar refractivity (Wildman–Crippen MR) is 81.6 cm³/mol. The Morgan fingerprint density at radius 3 is 2.65 bits per heavy atom. The quantitative estimate of drug-likeness (QED) is 0.835. The highest BCUT2D eigenvalue weighted by atomic mass is 16.5. The molecule has 3 heterocycles. The highest BCUT2D eigenvalue weighted by Gasteiger charge is 2.32. The number of rotatable bonds is 4. The van der Waals surface area contributed by atoms with Gasteiger partial charge in [-0.2, -0.15) is 0 Å². The van der Waals surface area contributed by atoms with Crippen molar-refractivity contribution in [2.45, 2.75) is 38.6 Å². The minimum Gasteiger partial charge on any atom is -0.378 e. The lowest BCUT2D eigenvalue weighted by molar-refractivity contribution is -0.139. The highest BCUT2D eigenvalue weighted by molar-refractivity contribution is 5.84. The van der Waals surface area contributed by atoms with Crippen LogP contribution in [-0.2, 0) is 14.3 Å². The van der Waals surface area contributed by atoms with E-state index in [2.05, 4.69) is 5.16 Å². The van der Waals surface area contributed by atoms with E-state index < -0.39 is 0 Å². The van der Waals surface area contributed by atoms with Crippen molar-refractivity contribution in [2.24, 2.45) is 0 Å². The Hall–Kier alpha value is -1.89. The van der Waals surface area contributed by atoms with E-state index in [4.69, 9.17) is 9.26 Å². The Kier molecular flexibility index (Phi) is 4.95. The van der Waals surface area contributed by atoms with Gasteiger partial charge in [-0.1, -0.05) is 5.16 Å². The number of aromatic nitrogens is 1. The van der Waals surface area contributed by atoms with E-state index in [-0.39, 0.29) is 30.7 Å². The van der Waals surface area contributed by atoms with Crippen LogP contribution in [-0.4, -0.2) is 59.6 Å². The topological polar surface area (TPSA) is 75.9 Å². The molecule has 2 saturated heterocycles. The zero-order chi connectivity index (χ0) is 16.2. The van der Waals surface area contributed by atoms with Crippen molar-refractivity contribution in [3.05, 3.63) is 17.5 Å². The monoisotopic (exact) mass is 321 g/mol. The minimum atomic E-state index is -0.0153. The largest absolute Gasteiger partial charge is 0.378 e. The van der Waals surface area contributed by atoms with Gasteiger partial charge in [-0.3, -0.25) is 9.59 Å². The number of amides is 2. The summed E-state index contributed by atoms with van der Waals surface area (Å²) in [6.45, 7) is 4.98. The van der Waals surface area contributed by atoms with Crippen LogP contribution in [0.1, 0.15) is 43.2 Å². The fourth-order valence-electron chi connectivity index (χ4n) is 3.24. The molecular formula is C16H23N3O4. The molecule has 1 atom stereocenters. The van der Waals surface area contributed by atoms with Crippen molar-refractivity contribution in [1.82, 2.24) is 15.0 Å². The van der Waals surface area contributed by atoms with Crippen molar-refractivity contribution in [3.8, 4) is 0 Å². The molecule has 0 saturated carbocycles. The van der Waals surface area contributed by atoms with Gasteiger partial charge in [0.1, 0.15) is 11.5 Å². The van der Waals surface area contributed by atoms with Gasteiger partial charge in [0.05, 0.1) is 19.3 Å². The molecule has 126 valence electrons. The predicted octanol–water partition coefficient (Wildman–Crippen LogP) is 1.29. The average molecular weight is 321 g/mol. The van der Waals surface area contributed by atoms with Gasteiger partial charge in [-0.25, -0.2) is 0 Å². The molecule has 0 aromatic carbocycles. The number of morpholine rings is 1. The van der Waals surface area contributed by atoms with E-state index in [1.54, 1.807) is 4.90 Å². The Labute approximate surface area is 135 Å². The minimum absolute atomic E-state index is 0.0153. The SMILES string of the molecule is Cc1cc(C2CCCN2C(=O)CCC(=O)N2CCOCC2)no1.